The molecule has 0 saturated heterocycles. The molecule has 1 aromatic heterocycles. The molecule has 0 aliphatic rings. The smallest absolute Gasteiger partial charge is 0.268 e. The molecular weight excluding hydrogens is 212 g/mol. The maximum atomic E-state index is 11.5. The maximum Gasteiger partial charge on any atom is 0.268 e. The Hall–Kier alpha value is -1.43. The molecule has 0 fully saturated rings. The second kappa shape index (κ2) is 4.88. The lowest BCUT2D eigenvalue weighted by Gasteiger charge is -2.12. The first kappa shape index (κ1) is 11.6. The lowest BCUT2D eigenvalue weighted by atomic mass is 10.4. The molecular formula is C9H14N4OS. The van der Waals surface area contributed by atoms with Crippen LogP contribution in [0.2, 0.25) is 0 Å². The standard InChI is InChI=1S/C9H14N4OS/c1-12(2)7-5-9(14)13(11-6-7)4-3-8(10)15/h5-6H,3-4H2,1-2H3,(H2,10,15). The number of hydrogen-bond acceptors (Lipinski definition) is 4. The molecule has 1 rings (SSSR count). The summed E-state index contributed by atoms with van der Waals surface area (Å²) in [6, 6.07) is 1.53. The van der Waals surface area contributed by atoms with E-state index in [1.807, 2.05) is 19.0 Å². The van der Waals surface area contributed by atoms with Crippen molar-refractivity contribution in [1.82, 2.24) is 9.78 Å². The Morgan fingerprint density at radius 1 is 1.67 bits per heavy atom. The van der Waals surface area contributed by atoms with Crippen molar-refractivity contribution in [2.45, 2.75) is 13.0 Å². The van der Waals surface area contributed by atoms with Gasteiger partial charge in [-0.05, 0) is 0 Å². The molecule has 0 saturated carbocycles. The topological polar surface area (TPSA) is 64.2 Å². The van der Waals surface area contributed by atoms with E-state index in [1.165, 1.54) is 10.7 Å². The van der Waals surface area contributed by atoms with Crippen molar-refractivity contribution in [3.63, 3.8) is 0 Å². The average Bonchev–Trinajstić information content (AvgIpc) is 2.15. The highest BCUT2D eigenvalue weighted by molar-refractivity contribution is 7.80. The van der Waals surface area contributed by atoms with Crippen molar-refractivity contribution in [2.75, 3.05) is 19.0 Å². The highest BCUT2D eigenvalue weighted by atomic mass is 32.1. The first-order valence-corrected chi connectivity index (χ1v) is 4.94. The predicted molar refractivity (Wildman–Crippen MR) is 64.2 cm³/mol. The van der Waals surface area contributed by atoms with E-state index in [4.69, 9.17) is 18.0 Å². The Labute approximate surface area is 93.5 Å². The number of nitrogens with two attached hydrogens (primary N) is 1. The molecule has 15 heavy (non-hydrogen) atoms. The number of anilines is 1. The zero-order valence-corrected chi connectivity index (χ0v) is 9.62. The highest BCUT2D eigenvalue weighted by Gasteiger charge is 2.01. The van der Waals surface area contributed by atoms with Gasteiger partial charge in [0.2, 0.25) is 0 Å². The first-order valence-electron chi connectivity index (χ1n) is 4.53. The number of hydrogen-bond donors (Lipinski definition) is 1. The van der Waals surface area contributed by atoms with E-state index in [2.05, 4.69) is 5.10 Å². The Balaban J connectivity index is 2.84. The van der Waals surface area contributed by atoms with Gasteiger partial charge in [-0.15, -0.1) is 0 Å². The molecule has 0 radical (unpaired) electrons. The van der Waals surface area contributed by atoms with Crippen LogP contribution in [0.3, 0.4) is 0 Å². The normalized spacial score (nSPS) is 10.0. The summed E-state index contributed by atoms with van der Waals surface area (Å²) in [6.45, 7) is 0.432. The predicted octanol–water partition coefficient (Wildman–Crippen LogP) is -0.0145. The van der Waals surface area contributed by atoms with E-state index >= 15 is 0 Å². The molecule has 1 aromatic rings. The van der Waals surface area contributed by atoms with Crippen molar-refractivity contribution in [3.05, 3.63) is 22.6 Å². The minimum Gasteiger partial charge on any atom is -0.393 e. The number of aryl methyl sites for hydroxylation is 1. The quantitative estimate of drug-likeness (QED) is 0.731. The second-order valence-electron chi connectivity index (χ2n) is 3.39. The van der Waals surface area contributed by atoms with Gasteiger partial charge in [0, 0.05) is 26.6 Å². The van der Waals surface area contributed by atoms with Crippen LogP contribution in [0.15, 0.2) is 17.1 Å². The van der Waals surface area contributed by atoms with Gasteiger partial charge in [-0.3, -0.25) is 4.79 Å². The Kier molecular flexibility index (Phi) is 3.79. The van der Waals surface area contributed by atoms with Gasteiger partial charge >= 0.3 is 0 Å². The molecule has 5 nitrogen and oxygen atoms in total. The molecule has 0 atom stereocenters. The minimum absolute atomic E-state index is 0.141. The number of rotatable bonds is 4. The lowest BCUT2D eigenvalue weighted by Crippen LogP contribution is -2.26. The molecule has 2 N–H and O–H groups in total. The average molecular weight is 226 g/mol. The molecule has 0 unspecified atom stereocenters. The third-order valence-corrected chi connectivity index (χ3v) is 2.15. The molecule has 0 bridgehead atoms. The lowest BCUT2D eigenvalue weighted by molar-refractivity contribution is 0.594. The summed E-state index contributed by atoms with van der Waals surface area (Å²) < 4.78 is 1.35. The highest BCUT2D eigenvalue weighted by Crippen LogP contribution is 2.03. The van der Waals surface area contributed by atoms with Crippen LogP contribution in [0.4, 0.5) is 5.69 Å². The van der Waals surface area contributed by atoms with E-state index in [-0.39, 0.29) is 5.56 Å². The Bertz CT molecular complexity index is 413. The molecule has 1 heterocycles. The molecule has 6 heteroatoms. The third kappa shape index (κ3) is 3.32. The minimum atomic E-state index is -0.141. The zero-order chi connectivity index (χ0) is 11.4. The summed E-state index contributed by atoms with van der Waals surface area (Å²) in [7, 11) is 3.71. The summed E-state index contributed by atoms with van der Waals surface area (Å²) in [5.41, 5.74) is 5.99. The van der Waals surface area contributed by atoms with Crippen molar-refractivity contribution >= 4 is 22.9 Å². The van der Waals surface area contributed by atoms with Crippen LogP contribution in [0, 0.1) is 0 Å². The van der Waals surface area contributed by atoms with Gasteiger partial charge in [0.05, 0.1) is 23.4 Å². The SMILES string of the molecule is CN(C)c1cnn(CCC(N)=S)c(=O)c1. The zero-order valence-electron chi connectivity index (χ0n) is 8.80. The fourth-order valence-corrected chi connectivity index (χ4v) is 1.14. The van der Waals surface area contributed by atoms with Crippen LogP contribution in [-0.2, 0) is 6.54 Å². The van der Waals surface area contributed by atoms with Crippen molar-refractivity contribution in [3.8, 4) is 0 Å². The van der Waals surface area contributed by atoms with Crippen LogP contribution in [0.1, 0.15) is 6.42 Å². The van der Waals surface area contributed by atoms with Gasteiger partial charge in [0.15, 0.2) is 0 Å². The molecule has 0 spiro atoms. The first-order chi connectivity index (χ1) is 7.00. The van der Waals surface area contributed by atoms with Crippen LogP contribution in [0.5, 0.6) is 0 Å². The Morgan fingerprint density at radius 3 is 2.80 bits per heavy atom. The summed E-state index contributed by atoms with van der Waals surface area (Å²) in [5, 5.41) is 4.02. The van der Waals surface area contributed by atoms with Crippen LogP contribution >= 0.6 is 12.2 Å². The summed E-state index contributed by atoms with van der Waals surface area (Å²) in [4.78, 5) is 13.8. The maximum absolute atomic E-state index is 11.5. The third-order valence-electron chi connectivity index (χ3n) is 1.94. The molecule has 0 amide bonds. The molecule has 0 aliphatic carbocycles. The van der Waals surface area contributed by atoms with Gasteiger partial charge in [-0.2, -0.15) is 5.10 Å². The largest absolute Gasteiger partial charge is 0.393 e. The Morgan fingerprint density at radius 2 is 2.33 bits per heavy atom. The number of aromatic nitrogens is 2. The van der Waals surface area contributed by atoms with E-state index in [0.29, 0.717) is 18.0 Å². The summed E-state index contributed by atoms with van der Waals surface area (Å²) in [5.74, 6) is 0. The van der Waals surface area contributed by atoms with Gasteiger partial charge < -0.3 is 10.6 Å². The number of nitrogens with zero attached hydrogens (tertiary/aromatic N) is 3. The summed E-state index contributed by atoms with van der Waals surface area (Å²) >= 11 is 4.73. The van der Waals surface area contributed by atoms with E-state index in [1.54, 1.807) is 6.20 Å². The van der Waals surface area contributed by atoms with E-state index in [0.717, 1.165) is 5.69 Å². The molecule has 0 aromatic carbocycles. The van der Waals surface area contributed by atoms with E-state index < -0.39 is 0 Å². The van der Waals surface area contributed by atoms with Gasteiger partial charge in [0.1, 0.15) is 0 Å². The molecule has 0 aliphatic heterocycles. The van der Waals surface area contributed by atoms with Crippen molar-refractivity contribution in [1.29, 1.82) is 0 Å². The van der Waals surface area contributed by atoms with Crippen molar-refractivity contribution in [2.24, 2.45) is 5.73 Å². The monoisotopic (exact) mass is 226 g/mol. The molecule has 82 valence electrons. The number of thiocarbonyl (C=S) groups is 1. The van der Waals surface area contributed by atoms with Crippen LogP contribution in [0.25, 0.3) is 0 Å². The van der Waals surface area contributed by atoms with Gasteiger partial charge in [-0.25, -0.2) is 4.68 Å². The summed E-state index contributed by atoms with van der Waals surface area (Å²) in [6.07, 6.45) is 2.13. The van der Waals surface area contributed by atoms with Crippen LogP contribution in [-0.4, -0.2) is 28.9 Å². The second-order valence-corrected chi connectivity index (χ2v) is 3.91. The van der Waals surface area contributed by atoms with Crippen LogP contribution < -0.4 is 16.2 Å². The fraction of sp³-hybridized carbons (Fsp3) is 0.444. The van der Waals surface area contributed by atoms with Crippen molar-refractivity contribution < 1.29 is 0 Å². The van der Waals surface area contributed by atoms with Gasteiger partial charge in [-0.1, -0.05) is 12.2 Å². The fourth-order valence-electron chi connectivity index (χ4n) is 1.05. The van der Waals surface area contributed by atoms with E-state index in [9.17, 15) is 4.79 Å². The van der Waals surface area contributed by atoms with Gasteiger partial charge in [0.25, 0.3) is 5.56 Å².